The number of aromatic amines is 2. The number of fused-ring (bicyclic) bond motifs is 1. The minimum atomic E-state index is -3.11. The van der Waals surface area contributed by atoms with Crippen molar-refractivity contribution in [2.24, 2.45) is 0 Å². The zero-order chi connectivity index (χ0) is 30.6. The summed E-state index contributed by atoms with van der Waals surface area (Å²) in [6.07, 6.45) is 20.7. The minimum absolute atomic E-state index is 0.0332. The van der Waals surface area contributed by atoms with E-state index in [2.05, 4.69) is 35.7 Å². The Balaban J connectivity index is 0.000000414. The third-order valence-corrected chi connectivity index (χ3v) is 6.93. The normalized spacial score (nSPS) is 14.4. The Bertz CT molecular complexity index is 1610. The van der Waals surface area contributed by atoms with E-state index in [4.69, 9.17) is 9.84 Å². The van der Waals surface area contributed by atoms with Crippen molar-refractivity contribution in [3.8, 4) is 47.9 Å². The molecule has 1 aliphatic heterocycles. The van der Waals surface area contributed by atoms with E-state index < -0.39 is 27.2 Å². The fraction of sp³-hybridized carbons (Fsp3) is 0.258. The SMILES string of the molecule is C#C.C#C.CS(=O)(=O)Cc1ccc(-c2ccc(-c3c(F)cc4[nH]c(=O)[nH]c4c3F)cc2)cc1.OC[C@@H]1CCCCO1. The molecule has 41 heavy (non-hydrogen) atoms. The van der Waals surface area contributed by atoms with Gasteiger partial charge in [0.15, 0.2) is 15.7 Å². The molecule has 3 aromatic carbocycles. The number of nitrogens with one attached hydrogen (secondary N) is 2. The molecule has 1 aromatic heterocycles. The van der Waals surface area contributed by atoms with E-state index in [9.17, 15) is 22.0 Å². The number of H-pyrrole nitrogens is 2. The largest absolute Gasteiger partial charge is 0.394 e. The molecule has 1 fully saturated rings. The Morgan fingerprint density at radius 3 is 1.98 bits per heavy atom. The lowest BCUT2D eigenvalue weighted by Crippen LogP contribution is -2.22. The molecule has 10 heteroatoms. The number of ether oxygens (including phenoxy) is 1. The van der Waals surface area contributed by atoms with Crippen molar-refractivity contribution in [3.05, 3.63) is 82.3 Å². The Morgan fingerprint density at radius 1 is 0.927 bits per heavy atom. The number of rotatable bonds is 5. The van der Waals surface area contributed by atoms with Crippen molar-refractivity contribution >= 4 is 20.9 Å². The number of benzene rings is 3. The molecule has 1 atom stereocenters. The third kappa shape index (κ3) is 9.16. The summed E-state index contributed by atoms with van der Waals surface area (Å²) >= 11 is 0. The summed E-state index contributed by atoms with van der Waals surface area (Å²) in [6, 6.07) is 14.8. The van der Waals surface area contributed by atoms with Crippen LogP contribution in [0, 0.1) is 37.3 Å². The van der Waals surface area contributed by atoms with E-state index in [1.165, 1.54) is 12.7 Å². The molecule has 0 spiro atoms. The second-order valence-corrected chi connectivity index (χ2v) is 11.2. The molecule has 216 valence electrons. The predicted molar refractivity (Wildman–Crippen MR) is 159 cm³/mol. The van der Waals surface area contributed by atoms with E-state index in [0.717, 1.165) is 36.6 Å². The molecule has 1 saturated heterocycles. The second kappa shape index (κ2) is 15.5. The molecule has 7 nitrogen and oxygen atoms in total. The first-order valence-corrected chi connectivity index (χ1v) is 14.6. The first kappa shape index (κ1) is 33.0. The van der Waals surface area contributed by atoms with Crippen LogP contribution in [0.25, 0.3) is 33.3 Å². The van der Waals surface area contributed by atoms with Gasteiger partial charge < -0.3 is 19.8 Å². The molecule has 0 aliphatic carbocycles. The second-order valence-electron chi connectivity index (χ2n) is 9.06. The highest BCUT2D eigenvalue weighted by molar-refractivity contribution is 7.89. The van der Waals surface area contributed by atoms with Gasteiger partial charge in [-0.3, -0.25) is 0 Å². The van der Waals surface area contributed by atoms with Crippen LogP contribution in [0.15, 0.2) is 59.4 Å². The number of terminal acetylenes is 2. The fourth-order valence-electron chi connectivity index (χ4n) is 4.25. The van der Waals surface area contributed by atoms with Gasteiger partial charge >= 0.3 is 5.69 Å². The van der Waals surface area contributed by atoms with Crippen LogP contribution in [0.1, 0.15) is 24.8 Å². The van der Waals surface area contributed by atoms with Gasteiger partial charge in [0.05, 0.1) is 29.5 Å². The summed E-state index contributed by atoms with van der Waals surface area (Å²) in [5.41, 5.74) is 1.85. The van der Waals surface area contributed by atoms with Crippen LogP contribution in [-0.4, -0.2) is 49.1 Å². The summed E-state index contributed by atoms with van der Waals surface area (Å²) in [6.45, 7) is 1.03. The van der Waals surface area contributed by atoms with Crippen molar-refractivity contribution in [1.29, 1.82) is 0 Å². The molecule has 0 amide bonds. The van der Waals surface area contributed by atoms with Crippen molar-refractivity contribution in [1.82, 2.24) is 9.97 Å². The summed E-state index contributed by atoms with van der Waals surface area (Å²) in [5.74, 6) is -1.64. The van der Waals surface area contributed by atoms with Gasteiger partial charge in [0.1, 0.15) is 11.3 Å². The monoisotopic (exact) mass is 582 g/mol. The average Bonchev–Trinajstić information content (AvgIpc) is 3.36. The lowest BCUT2D eigenvalue weighted by atomic mass is 9.98. The van der Waals surface area contributed by atoms with E-state index >= 15 is 0 Å². The minimum Gasteiger partial charge on any atom is -0.394 e. The van der Waals surface area contributed by atoms with Gasteiger partial charge in [-0.15, -0.1) is 25.7 Å². The molecule has 1 aliphatic rings. The van der Waals surface area contributed by atoms with Crippen LogP contribution >= 0.6 is 0 Å². The maximum absolute atomic E-state index is 14.8. The lowest BCUT2D eigenvalue weighted by Gasteiger charge is -2.19. The number of halogens is 2. The van der Waals surface area contributed by atoms with Crippen molar-refractivity contribution in [2.45, 2.75) is 31.1 Å². The van der Waals surface area contributed by atoms with Crippen LogP contribution in [0.2, 0.25) is 0 Å². The number of aliphatic hydroxyl groups is 1. The van der Waals surface area contributed by atoms with Crippen molar-refractivity contribution in [3.63, 3.8) is 0 Å². The van der Waals surface area contributed by atoms with Gasteiger partial charge in [-0.1, -0.05) is 48.5 Å². The fourth-order valence-corrected chi connectivity index (χ4v) is 5.05. The van der Waals surface area contributed by atoms with Gasteiger partial charge in [-0.25, -0.2) is 22.0 Å². The van der Waals surface area contributed by atoms with Crippen LogP contribution in [0.4, 0.5) is 8.78 Å². The zero-order valence-corrected chi connectivity index (χ0v) is 23.4. The molecule has 3 N–H and O–H groups in total. The third-order valence-electron chi connectivity index (χ3n) is 6.07. The molecule has 0 bridgehead atoms. The van der Waals surface area contributed by atoms with E-state index in [-0.39, 0.29) is 35.1 Å². The number of sulfone groups is 1. The van der Waals surface area contributed by atoms with Gasteiger partial charge in [0.25, 0.3) is 0 Å². The zero-order valence-electron chi connectivity index (χ0n) is 22.6. The maximum atomic E-state index is 14.8. The lowest BCUT2D eigenvalue weighted by molar-refractivity contribution is -0.0172. The van der Waals surface area contributed by atoms with Gasteiger partial charge in [-0.2, -0.15) is 0 Å². The van der Waals surface area contributed by atoms with Crippen molar-refractivity contribution in [2.75, 3.05) is 19.5 Å². The van der Waals surface area contributed by atoms with Crippen LogP contribution in [0.3, 0.4) is 0 Å². The Hall–Kier alpha value is -4.22. The Kier molecular flexibility index (Phi) is 12.5. The molecule has 4 aromatic rings. The van der Waals surface area contributed by atoms with E-state index in [1.807, 2.05) is 0 Å². The van der Waals surface area contributed by atoms with Crippen molar-refractivity contribution < 1.29 is 27.0 Å². The maximum Gasteiger partial charge on any atom is 0.323 e. The first-order chi connectivity index (χ1) is 19.6. The van der Waals surface area contributed by atoms with Crippen LogP contribution < -0.4 is 5.69 Å². The highest BCUT2D eigenvalue weighted by Gasteiger charge is 2.18. The van der Waals surface area contributed by atoms with E-state index in [0.29, 0.717) is 11.1 Å². The Labute approximate surface area is 238 Å². The predicted octanol–water partition coefficient (Wildman–Crippen LogP) is 5.06. The number of hydrogen-bond donors (Lipinski definition) is 3. The number of hydrogen-bond acceptors (Lipinski definition) is 5. The molecule has 5 rings (SSSR count). The van der Waals surface area contributed by atoms with Gasteiger partial charge in [0, 0.05) is 18.9 Å². The summed E-state index contributed by atoms with van der Waals surface area (Å²) in [5, 5.41) is 8.57. The molecular weight excluding hydrogens is 550 g/mol. The van der Waals surface area contributed by atoms with Crippen LogP contribution in [0.5, 0.6) is 0 Å². The topological polar surface area (TPSA) is 112 Å². The molecule has 2 heterocycles. The molecule has 0 radical (unpaired) electrons. The smallest absolute Gasteiger partial charge is 0.323 e. The summed E-state index contributed by atoms with van der Waals surface area (Å²) < 4.78 is 57.1. The van der Waals surface area contributed by atoms with Crippen LogP contribution in [-0.2, 0) is 20.3 Å². The van der Waals surface area contributed by atoms with Gasteiger partial charge in [-0.05, 0) is 41.5 Å². The number of aliphatic hydroxyl groups excluding tert-OH is 1. The highest BCUT2D eigenvalue weighted by Crippen LogP contribution is 2.32. The van der Waals surface area contributed by atoms with E-state index in [1.54, 1.807) is 48.5 Å². The standard InChI is InChI=1S/C21H16F2N2O3S.C6H12O2.2C2H2/c1-29(27,28)11-12-2-4-13(5-3-12)14-6-8-15(9-7-14)18-16(22)10-17-20(19(18)23)25-21(26)24-17;7-5-6-3-1-2-4-8-6;2*1-2/h2-10H,11H2,1H3,(H2,24,25,26);6-7H,1-5H2;2*1-2H/t;6-;;/m.0../s1. The molecule has 0 unspecified atom stereocenters. The molecule has 0 saturated carbocycles. The number of aromatic nitrogens is 2. The quantitative estimate of drug-likeness (QED) is 0.285. The van der Waals surface area contributed by atoms with Gasteiger partial charge in [0.2, 0.25) is 0 Å². The average molecular weight is 583 g/mol. The summed E-state index contributed by atoms with van der Waals surface area (Å²) in [4.78, 5) is 16.0. The molecular formula is C31H32F2N2O5S. The Morgan fingerprint density at radius 2 is 1.49 bits per heavy atom. The number of imidazole rings is 1. The first-order valence-electron chi connectivity index (χ1n) is 12.5. The highest BCUT2D eigenvalue weighted by atomic mass is 32.2. The summed E-state index contributed by atoms with van der Waals surface area (Å²) in [7, 11) is -3.11.